The number of hydrogen-bond acceptors (Lipinski definition) is 0. The fourth-order valence-corrected chi connectivity index (χ4v) is 1.08. The molecular weight excluding hydrogens is 115 g/mol. The van der Waals surface area contributed by atoms with Crippen LogP contribution in [0.25, 0.3) is 0 Å². The summed E-state index contributed by atoms with van der Waals surface area (Å²) in [6, 6.07) is 0. The number of rotatable bonds is 2. The standard InChI is InChI=1S/CH7B2FP2/c2-6(3)1-5-4/h5H,1-3H2. The summed E-state index contributed by atoms with van der Waals surface area (Å²) in [5.41, 5.74) is 0. The van der Waals surface area contributed by atoms with E-state index < -0.39 is 0 Å². The van der Waals surface area contributed by atoms with Crippen molar-refractivity contribution < 1.29 is 4.20 Å². The molecule has 0 spiro atoms. The molecule has 0 aliphatic rings. The average Bonchev–Trinajstić information content (AvgIpc) is 1.35. The average molecular weight is 122 g/mol. The lowest BCUT2D eigenvalue weighted by molar-refractivity contribution is 0.923. The molecule has 0 aromatic heterocycles. The van der Waals surface area contributed by atoms with Crippen LogP contribution in [0.3, 0.4) is 0 Å². The van der Waals surface area contributed by atoms with Crippen molar-refractivity contribution in [2.75, 3.05) is 5.90 Å². The highest BCUT2D eigenvalue weighted by Gasteiger charge is 1.87. The Bertz CT molecular complexity index is 32.7. The summed E-state index contributed by atoms with van der Waals surface area (Å²) in [6.07, 6.45) is 0. The van der Waals surface area contributed by atoms with Crippen LogP contribution in [0.15, 0.2) is 0 Å². The van der Waals surface area contributed by atoms with Gasteiger partial charge < -0.3 is 0 Å². The number of halogens is 1. The van der Waals surface area contributed by atoms with E-state index in [0.29, 0.717) is 0 Å². The van der Waals surface area contributed by atoms with Crippen LogP contribution in [0.2, 0.25) is 0 Å². The summed E-state index contributed by atoms with van der Waals surface area (Å²) >= 11 is 0. The molecule has 0 nitrogen and oxygen atoms in total. The summed E-state index contributed by atoms with van der Waals surface area (Å²) in [5.74, 6) is 0.801. The van der Waals surface area contributed by atoms with Gasteiger partial charge in [-0.25, -0.2) is 4.20 Å². The molecule has 1 atom stereocenters. The van der Waals surface area contributed by atoms with Gasteiger partial charge in [0, 0.05) is 0 Å². The topological polar surface area (TPSA) is 0 Å². The van der Waals surface area contributed by atoms with Crippen molar-refractivity contribution in [1.82, 2.24) is 0 Å². The predicted octanol–water partition coefficient (Wildman–Crippen LogP) is 0.0850. The molecule has 0 aromatic rings. The van der Waals surface area contributed by atoms with Gasteiger partial charge in [-0.1, -0.05) is 0 Å². The van der Waals surface area contributed by atoms with E-state index in [2.05, 4.69) is 15.1 Å². The van der Waals surface area contributed by atoms with Crippen LogP contribution in [-0.2, 0) is 0 Å². The van der Waals surface area contributed by atoms with Gasteiger partial charge in [0.05, 0.1) is 8.89 Å². The van der Waals surface area contributed by atoms with Crippen molar-refractivity contribution >= 4 is 31.7 Å². The zero-order chi connectivity index (χ0) is 4.99. The summed E-state index contributed by atoms with van der Waals surface area (Å²) in [5, 5.41) is 0. The molecule has 0 bridgehead atoms. The van der Waals surface area contributed by atoms with Gasteiger partial charge in [-0.15, -0.1) is 0 Å². The van der Waals surface area contributed by atoms with E-state index in [1.807, 2.05) is 0 Å². The van der Waals surface area contributed by atoms with E-state index in [-0.39, 0.29) is 16.6 Å². The van der Waals surface area contributed by atoms with Crippen LogP contribution >= 0.6 is 16.6 Å². The molecule has 0 saturated carbocycles. The Hall–Kier alpha value is 0.920. The minimum atomic E-state index is -0.333. The molecule has 0 rings (SSSR count). The molecule has 0 heterocycles. The molecule has 0 aliphatic heterocycles. The first kappa shape index (κ1) is 6.92. The van der Waals surface area contributed by atoms with Crippen molar-refractivity contribution in [3.8, 4) is 0 Å². The molecule has 34 valence electrons. The molecule has 0 radical (unpaired) electrons. The van der Waals surface area contributed by atoms with Gasteiger partial charge in [-0.05, 0) is 5.90 Å². The van der Waals surface area contributed by atoms with E-state index in [1.54, 1.807) is 0 Å². The quantitative estimate of drug-likeness (QED) is 0.359. The van der Waals surface area contributed by atoms with Crippen LogP contribution in [-0.4, -0.2) is 21.0 Å². The highest BCUT2D eigenvalue weighted by atomic mass is 31.2. The molecule has 0 saturated heterocycles. The molecule has 0 amide bonds. The van der Waals surface area contributed by atoms with E-state index in [0.717, 1.165) is 5.90 Å². The van der Waals surface area contributed by atoms with Crippen molar-refractivity contribution in [2.45, 2.75) is 0 Å². The van der Waals surface area contributed by atoms with Gasteiger partial charge >= 0.3 is 0 Å². The summed E-state index contributed by atoms with van der Waals surface area (Å²) in [4.78, 5) is 0. The Balaban J connectivity index is 2.63. The smallest absolute Gasteiger partial charge is 0.123 e. The van der Waals surface area contributed by atoms with Gasteiger partial charge in [0.15, 0.2) is 0 Å². The lowest BCUT2D eigenvalue weighted by Gasteiger charge is -1.95. The Labute approximate surface area is 42.7 Å². The molecule has 5 heteroatoms. The Morgan fingerprint density at radius 3 is 2.17 bits per heavy atom. The molecule has 0 aliphatic carbocycles. The third-order valence-electron chi connectivity index (χ3n) is 0.376. The minimum Gasteiger partial charge on any atom is -0.230 e. The highest BCUT2D eigenvalue weighted by molar-refractivity contribution is 8.03. The number of hydrogen-bond donors (Lipinski definition) is 0. The van der Waals surface area contributed by atoms with E-state index in [1.165, 1.54) is 0 Å². The second-order valence-electron chi connectivity index (χ2n) is 1.37. The monoisotopic (exact) mass is 122 g/mol. The summed E-state index contributed by atoms with van der Waals surface area (Å²) in [7, 11) is 3.87. The Morgan fingerprint density at radius 2 is 2.17 bits per heavy atom. The van der Waals surface area contributed by atoms with Crippen LogP contribution in [0, 0.1) is 0 Å². The first-order valence-corrected chi connectivity index (χ1v) is 5.26. The van der Waals surface area contributed by atoms with Gasteiger partial charge in [-0.3, -0.25) is 0 Å². The fourth-order valence-electron chi connectivity index (χ4n) is 0.120. The highest BCUT2D eigenvalue weighted by Crippen LogP contribution is 2.31. The van der Waals surface area contributed by atoms with Crippen molar-refractivity contribution in [3.05, 3.63) is 0 Å². The van der Waals surface area contributed by atoms with Crippen LogP contribution in [0.1, 0.15) is 0 Å². The van der Waals surface area contributed by atoms with Gasteiger partial charge in [0.25, 0.3) is 0 Å². The summed E-state index contributed by atoms with van der Waals surface area (Å²) < 4.78 is 11.3. The van der Waals surface area contributed by atoms with E-state index in [4.69, 9.17) is 0 Å². The second-order valence-corrected chi connectivity index (χ2v) is 5.06. The summed E-state index contributed by atoms with van der Waals surface area (Å²) in [6.45, 7) is 0. The predicted molar refractivity (Wildman–Crippen MR) is 38.3 cm³/mol. The maximum absolute atomic E-state index is 11.3. The molecular formula is CH7B2FP2. The first-order chi connectivity index (χ1) is 2.77. The maximum Gasteiger partial charge on any atom is 0.123 e. The lowest BCUT2D eigenvalue weighted by Crippen LogP contribution is -1.68. The zero-order valence-corrected chi connectivity index (χ0v) is 5.93. The van der Waals surface area contributed by atoms with Crippen LogP contribution in [0.5, 0.6) is 0 Å². The molecule has 0 fully saturated rings. The second kappa shape index (κ2) is 4.09. The Morgan fingerprint density at radius 1 is 1.67 bits per heavy atom. The van der Waals surface area contributed by atoms with Crippen molar-refractivity contribution in [2.24, 2.45) is 0 Å². The first-order valence-electron chi connectivity index (χ1n) is 1.75. The fraction of sp³-hybridized carbons (Fsp3) is 1.00. The SMILES string of the molecule is BP(B)CPF. The molecule has 0 aromatic carbocycles. The Kier molecular flexibility index (Phi) is 4.72. The van der Waals surface area contributed by atoms with Gasteiger partial charge in [0.1, 0.15) is 15.1 Å². The third-order valence-corrected chi connectivity index (χ3v) is 3.38. The van der Waals surface area contributed by atoms with Crippen molar-refractivity contribution in [3.63, 3.8) is 0 Å². The largest absolute Gasteiger partial charge is 0.230 e. The van der Waals surface area contributed by atoms with Crippen molar-refractivity contribution in [1.29, 1.82) is 0 Å². The lowest BCUT2D eigenvalue weighted by atomic mass is 10.7. The molecule has 6 heavy (non-hydrogen) atoms. The minimum absolute atomic E-state index is 0.0368. The molecule has 0 N–H and O–H groups in total. The zero-order valence-electron chi connectivity index (χ0n) is 4.03. The van der Waals surface area contributed by atoms with E-state index >= 15 is 0 Å². The third kappa shape index (κ3) is 4.92. The van der Waals surface area contributed by atoms with Crippen LogP contribution in [0.4, 0.5) is 4.20 Å². The van der Waals surface area contributed by atoms with Gasteiger partial charge in [0.2, 0.25) is 0 Å². The van der Waals surface area contributed by atoms with Crippen LogP contribution < -0.4 is 0 Å². The maximum atomic E-state index is 11.3. The normalized spacial score (nSPS) is 11.7. The molecule has 1 unspecified atom stereocenters. The van der Waals surface area contributed by atoms with Gasteiger partial charge in [-0.2, -0.15) is 7.68 Å². The van der Waals surface area contributed by atoms with E-state index in [9.17, 15) is 4.20 Å².